The zero-order chi connectivity index (χ0) is 9.90. The number of carbonyl (C=O) groups is 1. The molecule has 1 amide bonds. The van der Waals surface area contributed by atoms with E-state index < -0.39 is 5.54 Å². The van der Waals surface area contributed by atoms with Crippen LogP contribution in [-0.2, 0) is 9.53 Å². The SMILES string of the molecule is CC(C)(N)C(=O)NCC1CCCO1. The lowest BCUT2D eigenvalue weighted by Gasteiger charge is -2.19. The number of nitrogens with two attached hydrogens (primary N) is 1. The highest BCUT2D eigenvalue weighted by Gasteiger charge is 2.23. The van der Waals surface area contributed by atoms with E-state index in [-0.39, 0.29) is 12.0 Å². The fraction of sp³-hybridized carbons (Fsp3) is 0.889. The van der Waals surface area contributed by atoms with Gasteiger partial charge in [0.2, 0.25) is 5.91 Å². The van der Waals surface area contributed by atoms with Crippen LogP contribution in [0.2, 0.25) is 0 Å². The highest BCUT2D eigenvalue weighted by atomic mass is 16.5. The standard InChI is InChI=1S/C9H18N2O2/c1-9(2,10)8(12)11-6-7-4-3-5-13-7/h7H,3-6,10H2,1-2H3,(H,11,12). The lowest BCUT2D eigenvalue weighted by Crippen LogP contribution is -2.50. The predicted octanol–water partition coefficient (Wildman–Crippen LogP) is 0.0189. The van der Waals surface area contributed by atoms with Crippen LogP contribution in [0.15, 0.2) is 0 Å². The lowest BCUT2D eigenvalue weighted by molar-refractivity contribution is -0.125. The molecule has 1 aliphatic heterocycles. The molecule has 0 radical (unpaired) electrons. The van der Waals surface area contributed by atoms with Gasteiger partial charge in [-0.05, 0) is 26.7 Å². The maximum absolute atomic E-state index is 11.3. The molecule has 1 unspecified atom stereocenters. The highest BCUT2D eigenvalue weighted by Crippen LogP contribution is 2.10. The molecule has 1 heterocycles. The van der Waals surface area contributed by atoms with Crippen LogP contribution in [0.5, 0.6) is 0 Å². The van der Waals surface area contributed by atoms with Crippen molar-refractivity contribution in [3.05, 3.63) is 0 Å². The largest absolute Gasteiger partial charge is 0.376 e. The summed E-state index contributed by atoms with van der Waals surface area (Å²) >= 11 is 0. The summed E-state index contributed by atoms with van der Waals surface area (Å²) in [4.78, 5) is 11.3. The molecule has 1 saturated heterocycles. The van der Waals surface area contributed by atoms with Gasteiger partial charge < -0.3 is 15.8 Å². The second-order valence-corrected chi connectivity index (χ2v) is 4.07. The van der Waals surface area contributed by atoms with Gasteiger partial charge in [0.15, 0.2) is 0 Å². The number of hydrogen-bond donors (Lipinski definition) is 2. The van der Waals surface area contributed by atoms with E-state index in [4.69, 9.17) is 10.5 Å². The van der Waals surface area contributed by atoms with Crippen LogP contribution in [0.4, 0.5) is 0 Å². The van der Waals surface area contributed by atoms with Gasteiger partial charge in [-0.2, -0.15) is 0 Å². The molecule has 4 nitrogen and oxygen atoms in total. The molecule has 4 heteroatoms. The van der Waals surface area contributed by atoms with E-state index >= 15 is 0 Å². The molecule has 0 bridgehead atoms. The normalized spacial score (nSPS) is 23.2. The van der Waals surface area contributed by atoms with E-state index in [1.807, 2.05) is 0 Å². The van der Waals surface area contributed by atoms with Crippen molar-refractivity contribution >= 4 is 5.91 Å². The Bertz CT molecular complexity index is 181. The molecule has 1 rings (SSSR count). The Balaban J connectivity index is 2.22. The molecular formula is C9H18N2O2. The summed E-state index contributed by atoms with van der Waals surface area (Å²) in [6.45, 7) is 4.78. The average Bonchev–Trinajstić information content (AvgIpc) is 2.50. The van der Waals surface area contributed by atoms with Crippen LogP contribution >= 0.6 is 0 Å². The van der Waals surface area contributed by atoms with E-state index in [2.05, 4.69) is 5.32 Å². The minimum atomic E-state index is -0.793. The highest BCUT2D eigenvalue weighted by molar-refractivity contribution is 5.85. The Morgan fingerprint density at radius 2 is 2.38 bits per heavy atom. The number of carbonyl (C=O) groups excluding carboxylic acids is 1. The van der Waals surface area contributed by atoms with Crippen molar-refractivity contribution in [3.63, 3.8) is 0 Å². The van der Waals surface area contributed by atoms with E-state index in [0.29, 0.717) is 6.54 Å². The van der Waals surface area contributed by atoms with Crippen LogP contribution in [0.3, 0.4) is 0 Å². The van der Waals surface area contributed by atoms with Gasteiger partial charge in [-0.3, -0.25) is 4.79 Å². The first-order valence-corrected chi connectivity index (χ1v) is 4.69. The molecule has 76 valence electrons. The van der Waals surface area contributed by atoms with Gasteiger partial charge in [-0.25, -0.2) is 0 Å². The third-order valence-corrected chi connectivity index (χ3v) is 2.10. The van der Waals surface area contributed by atoms with Crippen molar-refractivity contribution in [1.29, 1.82) is 0 Å². The van der Waals surface area contributed by atoms with Gasteiger partial charge >= 0.3 is 0 Å². The molecule has 0 aromatic heterocycles. The molecule has 0 spiro atoms. The summed E-state index contributed by atoms with van der Waals surface area (Å²) in [6.07, 6.45) is 2.31. The van der Waals surface area contributed by atoms with E-state index in [9.17, 15) is 4.79 Å². The predicted molar refractivity (Wildman–Crippen MR) is 50.3 cm³/mol. The van der Waals surface area contributed by atoms with Crippen LogP contribution < -0.4 is 11.1 Å². The quantitative estimate of drug-likeness (QED) is 0.653. The number of ether oxygens (including phenoxy) is 1. The fourth-order valence-electron chi connectivity index (χ4n) is 1.24. The molecule has 0 aromatic carbocycles. The number of hydrogen-bond acceptors (Lipinski definition) is 3. The minimum Gasteiger partial charge on any atom is -0.376 e. The summed E-state index contributed by atoms with van der Waals surface area (Å²) in [5.41, 5.74) is 4.82. The zero-order valence-corrected chi connectivity index (χ0v) is 8.30. The Labute approximate surface area is 78.8 Å². The lowest BCUT2D eigenvalue weighted by atomic mass is 10.1. The maximum Gasteiger partial charge on any atom is 0.239 e. The molecule has 3 N–H and O–H groups in total. The Morgan fingerprint density at radius 1 is 1.69 bits per heavy atom. The summed E-state index contributed by atoms with van der Waals surface area (Å²) in [5, 5.41) is 2.78. The topological polar surface area (TPSA) is 64.4 Å². The van der Waals surface area contributed by atoms with Crippen LogP contribution in [0.25, 0.3) is 0 Å². The van der Waals surface area contributed by atoms with Crippen LogP contribution in [0, 0.1) is 0 Å². The number of amides is 1. The molecule has 0 saturated carbocycles. The summed E-state index contributed by atoms with van der Waals surface area (Å²) < 4.78 is 5.36. The van der Waals surface area contributed by atoms with Crippen LogP contribution in [0.1, 0.15) is 26.7 Å². The van der Waals surface area contributed by atoms with Crippen molar-refractivity contribution in [3.8, 4) is 0 Å². The van der Waals surface area contributed by atoms with Crippen molar-refractivity contribution < 1.29 is 9.53 Å². The van der Waals surface area contributed by atoms with Crippen molar-refractivity contribution in [1.82, 2.24) is 5.32 Å². The second-order valence-electron chi connectivity index (χ2n) is 4.07. The maximum atomic E-state index is 11.3. The average molecular weight is 186 g/mol. The Morgan fingerprint density at radius 3 is 2.85 bits per heavy atom. The first-order valence-electron chi connectivity index (χ1n) is 4.69. The van der Waals surface area contributed by atoms with Gasteiger partial charge in [0.25, 0.3) is 0 Å². The van der Waals surface area contributed by atoms with Crippen molar-refractivity contribution in [2.24, 2.45) is 5.73 Å². The van der Waals surface area contributed by atoms with E-state index in [0.717, 1.165) is 19.4 Å². The third-order valence-electron chi connectivity index (χ3n) is 2.10. The van der Waals surface area contributed by atoms with Gasteiger partial charge in [0.1, 0.15) is 0 Å². The fourth-order valence-corrected chi connectivity index (χ4v) is 1.24. The molecule has 1 aliphatic rings. The zero-order valence-electron chi connectivity index (χ0n) is 8.30. The molecule has 0 aromatic rings. The van der Waals surface area contributed by atoms with Gasteiger partial charge in [0, 0.05) is 13.2 Å². The Kier molecular flexibility index (Phi) is 3.27. The van der Waals surface area contributed by atoms with Crippen molar-refractivity contribution in [2.75, 3.05) is 13.2 Å². The summed E-state index contributed by atoms with van der Waals surface area (Å²) in [5.74, 6) is -0.122. The van der Waals surface area contributed by atoms with Crippen molar-refractivity contribution in [2.45, 2.75) is 38.3 Å². The molecular weight excluding hydrogens is 168 g/mol. The van der Waals surface area contributed by atoms with Crippen LogP contribution in [-0.4, -0.2) is 30.7 Å². The van der Waals surface area contributed by atoms with Gasteiger partial charge in [-0.1, -0.05) is 0 Å². The van der Waals surface area contributed by atoms with E-state index in [1.165, 1.54) is 0 Å². The summed E-state index contributed by atoms with van der Waals surface area (Å²) in [6, 6.07) is 0. The first-order chi connectivity index (χ1) is 6.00. The van der Waals surface area contributed by atoms with Gasteiger partial charge in [0.05, 0.1) is 11.6 Å². The van der Waals surface area contributed by atoms with E-state index in [1.54, 1.807) is 13.8 Å². The van der Waals surface area contributed by atoms with Gasteiger partial charge in [-0.15, -0.1) is 0 Å². The molecule has 1 fully saturated rings. The third kappa shape index (κ3) is 3.32. The minimum absolute atomic E-state index is 0.122. The smallest absolute Gasteiger partial charge is 0.239 e. The molecule has 13 heavy (non-hydrogen) atoms. The number of rotatable bonds is 3. The number of nitrogens with one attached hydrogen (secondary N) is 1. The molecule has 0 aliphatic carbocycles. The first kappa shape index (κ1) is 10.5. The Hall–Kier alpha value is -0.610. The second kappa shape index (κ2) is 4.07. The monoisotopic (exact) mass is 186 g/mol. The molecule has 1 atom stereocenters. The summed E-state index contributed by atoms with van der Waals surface area (Å²) in [7, 11) is 0.